The van der Waals surface area contributed by atoms with Gasteiger partial charge in [0.15, 0.2) is 4.80 Å². The minimum atomic E-state index is -4.49. The predicted molar refractivity (Wildman–Crippen MR) is 86.9 cm³/mol. The van der Waals surface area contributed by atoms with Crippen molar-refractivity contribution < 1.29 is 18.0 Å². The standard InChI is InChI=1S/C17H13F3N2OS/c1-10-5-3-8-13-14(10)22(2)16(24-13)21-15(23)11-6-4-7-12(9-11)17(18,19)20/h3-9H,1-2H3. The van der Waals surface area contributed by atoms with Crippen molar-refractivity contribution in [3.05, 3.63) is 64.0 Å². The fraction of sp³-hybridized carbons (Fsp3) is 0.176. The van der Waals surface area contributed by atoms with Crippen molar-refractivity contribution in [2.45, 2.75) is 13.1 Å². The van der Waals surface area contributed by atoms with Crippen molar-refractivity contribution in [2.24, 2.45) is 12.0 Å². The molecule has 0 unspecified atom stereocenters. The van der Waals surface area contributed by atoms with Crippen LogP contribution in [-0.2, 0) is 13.2 Å². The second kappa shape index (κ2) is 5.90. The molecule has 0 radical (unpaired) electrons. The van der Waals surface area contributed by atoms with Gasteiger partial charge in [-0.1, -0.05) is 29.5 Å². The first-order valence-electron chi connectivity index (χ1n) is 7.09. The third-order valence-corrected chi connectivity index (χ3v) is 4.76. The number of benzene rings is 2. The van der Waals surface area contributed by atoms with Crippen molar-refractivity contribution >= 4 is 27.5 Å². The zero-order chi connectivity index (χ0) is 17.5. The Morgan fingerprint density at radius 3 is 2.54 bits per heavy atom. The van der Waals surface area contributed by atoms with E-state index in [4.69, 9.17) is 0 Å². The Hall–Kier alpha value is -2.41. The Bertz CT molecular complexity index is 999. The molecule has 24 heavy (non-hydrogen) atoms. The monoisotopic (exact) mass is 350 g/mol. The van der Waals surface area contributed by atoms with Crippen LogP contribution in [0, 0.1) is 6.92 Å². The normalized spacial score (nSPS) is 12.8. The van der Waals surface area contributed by atoms with Gasteiger partial charge in [0, 0.05) is 12.6 Å². The van der Waals surface area contributed by atoms with Gasteiger partial charge in [-0.15, -0.1) is 0 Å². The highest BCUT2D eigenvalue weighted by Gasteiger charge is 2.30. The maximum absolute atomic E-state index is 12.8. The molecular formula is C17H13F3N2OS. The number of carbonyl (C=O) groups excluding carboxylic acids is 1. The summed E-state index contributed by atoms with van der Waals surface area (Å²) in [5, 5.41) is 0. The SMILES string of the molecule is Cc1cccc2sc(=NC(=O)c3cccc(C(F)(F)F)c3)n(C)c12. The second-order valence-electron chi connectivity index (χ2n) is 5.36. The molecule has 0 atom stereocenters. The number of amides is 1. The van der Waals surface area contributed by atoms with Crippen LogP contribution in [0.5, 0.6) is 0 Å². The number of aromatic nitrogens is 1. The molecular weight excluding hydrogens is 337 g/mol. The molecule has 1 amide bonds. The first-order chi connectivity index (χ1) is 11.3. The van der Waals surface area contributed by atoms with Crippen molar-refractivity contribution in [3.63, 3.8) is 0 Å². The number of carbonyl (C=O) groups is 1. The molecule has 0 spiro atoms. The van der Waals surface area contributed by atoms with Gasteiger partial charge in [0.25, 0.3) is 5.91 Å². The summed E-state index contributed by atoms with van der Waals surface area (Å²) < 4.78 is 41.0. The quantitative estimate of drug-likeness (QED) is 0.644. The Morgan fingerprint density at radius 1 is 1.17 bits per heavy atom. The number of alkyl halides is 3. The van der Waals surface area contributed by atoms with Crippen LogP contribution in [0.15, 0.2) is 47.5 Å². The van der Waals surface area contributed by atoms with Crippen LogP contribution in [0.2, 0.25) is 0 Å². The number of halogens is 3. The Kier molecular flexibility index (Phi) is 4.04. The highest BCUT2D eigenvalue weighted by Crippen LogP contribution is 2.29. The van der Waals surface area contributed by atoms with Crippen LogP contribution in [0.1, 0.15) is 21.5 Å². The molecule has 2 aromatic carbocycles. The average molecular weight is 350 g/mol. The smallest absolute Gasteiger partial charge is 0.319 e. The van der Waals surface area contributed by atoms with E-state index in [1.807, 2.05) is 25.1 Å². The topological polar surface area (TPSA) is 34.4 Å². The van der Waals surface area contributed by atoms with Gasteiger partial charge in [-0.05, 0) is 36.8 Å². The van der Waals surface area contributed by atoms with E-state index in [0.717, 1.165) is 27.9 Å². The van der Waals surface area contributed by atoms with Crippen molar-refractivity contribution in [2.75, 3.05) is 0 Å². The van der Waals surface area contributed by atoms with Gasteiger partial charge in [-0.3, -0.25) is 4.79 Å². The summed E-state index contributed by atoms with van der Waals surface area (Å²) in [6.07, 6.45) is -4.49. The summed E-state index contributed by atoms with van der Waals surface area (Å²) in [6.45, 7) is 1.95. The first-order valence-corrected chi connectivity index (χ1v) is 7.90. The molecule has 0 saturated heterocycles. The lowest BCUT2D eigenvalue weighted by molar-refractivity contribution is -0.137. The molecule has 3 rings (SSSR count). The van der Waals surface area contributed by atoms with Crippen LogP contribution < -0.4 is 4.80 Å². The maximum Gasteiger partial charge on any atom is 0.416 e. The van der Waals surface area contributed by atoms with Crippen LogP contribution in [-0.4, -0.2) is 10.5 Å². The van der Waals surface area contributed by atoms with Gasteiger partial charge >= 0.3 is 6.18 Å². The van der Waals surface area contributed by atoms with Crippen LogP contribution in [0.4, 0.5) is 13.2 Å². The molecule has 3 aromatic rings. The Labute approximate surface area is 139 Å². The van der Waals surface area contributed by atoms with Crippen LogP contribution in [0.3, 0.4) is 0 Å². The van der Waals surface area contributed by atoms with Gasteiger partial charge in [0.05, 0.1) is 15.8 Å². The first kappa shape index (κ1) is 16.4. The van der Waals surface area contributed by atoms with Crippen molar-refractivity contribution in [3.8, 4) is 0 Å². The summed E-state index contributed by atoms with van der Waals surface area (Å²) in [5.74, 6) is -0.694. The Morgan fingerprint density at radius 2 is 1.88 bits per heavy atom. The highest BCUT2D eigenvalue weighted by atomic mass is 32.1. The molecule has 124 valence electrons. The van der Waals surface area contributed by atoms with E-state index < -0.39 is 17.6 Å². The minimum Gasteiger partial charge on any atom is -0.319 e. The average Bonchev–Trinajstić information content (AvgIpc) is 2.84. The lowest BCUT2D eigenvalue weighted by Gasteiger charge is -2.06. The number of aryl methyl sites for hydroxylation is 2. The van der Waals surface area contributed by atoms with E-state index in [1.54, 1.807) is 11.6 Å². The van der Waals surface area contributed by atoms with Gasteiger partial charge < -0.3 is 4.57 Å². The zero-order valence-electron chi connectivity index (χ0n) is 12.9. The molecule has 1 aromatic heterocycles. The fourth-order valence-electron chi connectivity index (χ4n) is 2.48. The van der Waals surface area contributed by atoms with Gasteiger partial charge in [0.1, 0.15) is 0 Å². The minimum absolute atomic E-state index is 0.0843. The molecule has 7 heteroatoms. The largest absolute Gasteiger partial charge is 0.416 e. The van der Waals surface area contributed by atoms with E-state index in [1.165, 1.54) is 23.5 Å². The summed E-state index contributed by atoms with van der Waals surface area (Å²) in [4.78, 5) is 16.7. The van der Waals surface area contributed by atoms with E-state index in [-0.39, 0.29) is 5.56 Å². The summed E-state index contributed by atoms with van der Waals surface area (Å²) in [5.41, 5.74) is 1.05. The Balaban J connectivity index is 2.08. The lowest BCUT2D eigenvalue weighted by atomic mass is 10.1. The molecule has 0 aliphatic heterocycles. The molecule has 0 aliphatic rings. The predicted octanol–water partition coefficient (Wildman–Crippen LogP) is 4.31. The lowest BCUT2D eigenvalue weighted by Crippen LogP contribution is -2.14. The molecule has 0 bridgehead atoms. The summed E-state index contributed by atoms with van der Waals surface area (Å²) in [7, 11) is 1.78. The van der Waals surface area contributed by atoms with Gasteiger partial charge in [-0.25, -0.2) is 0 Å². The second-order valence-corrected chi connectivity index (χ2v) is 6.37. The summed E-state index contributed by atoms with van der Waals surface area (Å²) in [6, 6.07) is 10.1. The summed E-state index contributed by atoms with van der Waals surface area (Å²) >= 11 is 1.32. The fourth-order valence-corrected chi connectivity index (χ4v) is 3.58. The van der Waals surface area contributed by atoms with E-state index >= 15 is 0 Å². The number of para-hydroxylation sites is 1. The van der Waals surface area contributed by atoms with Crippen molar-refractivity contribution in [1.29, 1.82) is 0 Å². The van der Waals surface area contributed by atoms with E-state index in [0.29, 0.717) is 4.80 Å². The maximum atomic E-state index is 12.8. The van der Waals surface area contributed by atoms with Gasteiger partial charge in [0.2, 0.25) is 0 Å². The molecule has 0 aliphatic carbocycles. The number of hydrogen-bond acceptors (Lipinski definition) is 2. The highest BCUT2D eigenvalue weighted by molar-refractivity contribution is 7.16. The third-order valence-electron chi connectivity index (χ3n) is 3.66. The van der Waals surface area contributed by atoms with Crippen LogP contribution >= 0.6 is 11.3 Å². The molecule has 0 N–H and O–H groups in total. The van der Waals surface area contributed by atoms with Crippen LogP contribution in [0.25, 0.3) is 10.2 Å². The number of rotatable bonds is 1. The molecule has 1 heterocycles. The number of fused-ring (bicyclic) bond motifs is 1. The molecule has 0 saturated carbocycles. The number of hydrogen-bond donors (Lipinski definition) is 0. The third kappa shape index (κ3) is 2.99. The number of nitrogens with zero attached hydrogens (tertiary/aromatic N) is 2. The zero-order valence-corrected chi connectivity index (χ0v) is 13.7. The van der Waals surface area contributed by atoms with Gasteiger partial charge in [-0.2, -0.15) is 18.2 Å². The van der Waals surface area contributed by atoms with E-state index in [2.05, 4.69) is 4.99 Å². The number of thiazole rings is 1. The van der Waals surface area contributed by atoms with E-state index in [9.17, 15) is 18.0 Å². The molecule has 0 fully saturated rings. The molecule has 3 nitrogen and oxygen atoms in total. The van der Waals surface area contributed by atoms with Crippen molar-refractivity contribution in [1.82, 2.24) is 4.57 Å².